The van der Waals surface area contributed by atoms with Gasteiger partial charge in [-0.15, -0.1) is 0 Å². The third kappa shape index (κ3) is 5.47. The number of aliphatic carboxylic acids is 1. The number of anilines is 1. The van der Waals surface area contributed by atoms with Gasteiger partial charge in [0.2, 0.25) is 0 Å². The summed E-state index contributed by atoms with van der Waals surface area (Å²) < 4.78 is 1.82. The maximum absolute atomic E-state index is 11.6. The summed E-state index contributed by atoms with van der Waals surface area (Å²) in [6.07, 6.45) is 9.38. The summed E-state index contributed by atoms with van der Waals surface area (Å²) in [5.41, 5.74) is 4.53. The number of likely N-dealkylation sites (tertiary alicyclic amines) is 1. The first-order valence-corrected chi connectivity index (χ1v) is 12.4. The van der Waals surface area contributed by atoms with E-state index >= 15 is 0 Å². The topological polar surface area (TPSA) is 83.3 Å². The minimum Gasteiger partial charge on any atom is -0.481 e. The number of fused-ring (bicyclic) bond motifs is 1. The molecule has 2 N–H and O–H groups in total. The third-order valence-electron chi connectivity index (χ3n) is 7.14. The highest BCUT2D eigenvalue weighted by Crippen LogP contribution is 2.28. The van der Waals surface area contributed by atoms with Crippen molar-refractivity contribution in [3.05, 3.63) is 71.7 Å². The van der Waals surface area contributed by atoms with Gasteiger partial charge < -0.3 is 15.3 Å². The van der Waals surface area contributed by atoms with Crippen molar-refractivity contribution in [3.63, 3.8) is 0 Å². The summed E-state index contributed by atoms with van der Waals surface area (Å²) in [6, 6.07) is 14.4. The van der Waals surface area contributed by atoms with E-state index in [-0.39, 0.29) is 12.3 Å². The summed E-state index contributed by atoms with van der Waals surface area (Å²) in [4.78, 5) is 18.9. The van der Waals surface area contributed by atoms with E-state index in [4.69, 9.17) is 4.98 Å². The minimum absolute atomic E-state index is 0.0415. The smallest absolute Gasteiger partial charge is 0.304 e. The standard InChI is InChI=1S/C27H33N5O2/c33-26(34)17-23(22-4-1-6-25(16-22)32-14-3-13-29-32)19-31-15-11-20(18-31)7-9-24-10-8-21-5-2-12-28-27(21)30-24/h1,3-4,6,8,10,13-14,16,20,23H,2,5,7,9,11-12,15,17-19H2,(H,28,30)(H,33,34). The molecular weight excluding hydrogens is 426 g/mol. The molecule has 0 spiro atoms. The van der Waals surface area contributed by atoms with Crippen molar-refractivity contribution in [2.75, 3.05) is 31.5 Å². The molecule has 2 aliphatic rings. The average molecular weight is 460 g/mol. The number of hydrogen-bond acceptors (Lipinski definition) is 5. The Hall–Kier alpha value is -3.19. The number of carbonyl (C=O) groups is 1. The Morgan fingerprint density at radius 2 is 2.18 bits per heavy atom. The Bertz CT molecular complexity index is 1110. The highest BCUT2D eigenvalue weighted by molar-refractivity contribution is 5.68. The number of nitrogens with zero attached hydrogens (tertiary/aromatic N) is 4. The molecule has 5 rings (SSSR count). The van der Waals surface area contributed by atoms with Crippen LogP contribution in [0.4, 0.5) is 5.82 Å². The highest BCUT2D eigenvalue weighted by atomic mass is 16.4. The van der Waals surface area contributed by atoms with Crippen LogP contribution in [0.25, 0.3) is 5.69 Å². The van der Waals surface area contributed by atoms with Crippen molar-refractivity contribution < 1.29 is 9.90 Å². The number of nitrogens with one attached hydrogen (secondary N) is 1. The van der Waals surface area contributed by atoms with Gasteiger partial charge in [-0.25, -0.2) is 9.67 Å². The van der Waals surface area contributed by atoms with E-state index in [0.717, 1.165) is 68.9 Å². The molecule has 0 bridgehead atoms. The molecule has 4 heterocycles. The van der Waals surface area contributed by atoms with E-state index in [1.807, 2.05) is 35.1 Å². The van der Waals surface area contributed by atoms with Crippen molar-refractivity contribution in [1.29, 1.82) is 0 Å². The maximum atomic E-state index is 11.6. The first-order chi connectivity index (χ1) is 16.6. The van der Waals surface area contributed by atoms with Crippen molar-refractivity contribution >= 4 is 11.8 Å². The Balaban J connectivity index is 1.19. The molecule has 2 aliphatic heterocycles. The molecule has 0 aliphatic carbocycles. The highest BCUT2D eigenvalue weighted by Gasteiger charge is 2.27. The molecule has 0 amide bonds. The van der Waals surface area contributed by atoms with Crippen LogP contribution in [0, 0.1) is 5.92 Å². The van der Waals surface area contributed by atoms with Crippen LogP contribution in [0.15, 0.2) is 54.9 Å². The predicted octanol–water partition coefficient (Wildman–Crippen LogP) is 4.14. The molecule has 3 aromatic rings. The fourth-order valence-electron chi connectivity index (χ4n) is 5.33. The van der Waals surface area contributed by atoms with Crippen LogP contribution in [0.5, 0.6) is 0 Å². The van der Waals surface area contributed by atoms with E-state index < -0.39 is 5.97 Å². The van der Waals surface area contributed by atoms with E-state index in [9.17, 15) is 9.90 Å². The number of pyridine rings is 1. The van der Waals surface area contributed by atoms with Crippen molar-refractivity contribution in [1.82, 2.24) is 19.7 Å². The van der Waals surface area contributed by atoms with Crippen LogP contribution in [0.3, 0.4) is 0 Å². The number of aryl methyl sites for hydroxylation is 2. The maximum Gasteiger partial charge on any atom is 0.304 e. The van der Waals surface area contributed by atoms with Gasteiger partial charge in [0.05, 0.1) is 12.1 Å². The van der Waals surface area contributed by atoms with Gasteiger partial charge in [-0.05, 0) is 80.0 Å². The Labute approximate surface area is 200 Å². The summed E-state index contributed by atoms with van der Waals surface area (Å²) in [7, 11) is 0. The fraction of sp³-hybridized carbons (Fsp3) is 0.444. The molecular formula is C27H33N5O2. The van der Waals surface area contributed by atoms with E-state index in [0.29, 0.717) is 5.92 Å². The molecule has 0 radical (unpaired) electrons. The van der Waals surface area contributed by atoms with Gasteiger partial charge in [0.1, 0.15) is 5.82 Å². The molecule has 1 fully saturated rings. The van der Waals surface area contributed by atoms with Crippen LogP contribution >= 0.6 is 0 Å². The fourth-order valence-corrected chi connectivity index (χ4v) is 5.33. The molecule has 2 atom stereocenters. The quantitative estimate of drug-likeness (QED) is 0.500. The lowest BCUT2D eigenvalue weighted by Gasteiger charge is -2.24. The van der Waals surface area contributed by atoms with Crippen molar-refractivity contribution in [2.24, 2.45) is 5.92 Å². The zero-order valence-corrected chi connectivity index (χ0v) is 19.6. The zero-order chi connectivity index (χ0) is 23.3. The molecule has 2 unspecified atom stereocenters. The van der Waals surface area contributed by atoms with Gasteiger partial charge in [0.15, 0.2) is 0 Å². The van der Waals surface area contributed by atoms with Crippen LogP contribution in [-0.2, 0) is 17.6 Å². The lowest BCUT2D eigenvalue weighted by atomic mass is 9.94. The first kappa shape index (κ1) is 22.6. The van der Waals surface area contributed by atoms with Crippen LogP contribution in [0.2, 0.25) is 0 Å². The normalized spacial score (nSPS) is 18.9. The molecule has 2 aromatic heterocycles. The predicted molar refractivity (Wildman–Crippen MR) is 132 cm³/mol. The Kier molecular flexibility index (Phi) is 6.90. The second kappa shape index (κ2) is 10.4. The van der Waals surface area contributed by atoms with Crippen LogP contribution in [0.1, 0.15) is 48.4 Å². The van der Waals surface area contributed by atoms with Crippen molar-refractivity contribution in [2.45, 2.75) is 44.4 Å². The third-order valence-corrected chi connectivity index (χ3v) is 7.14. The van der Waals surface area contributed by atoms with Gasteiger partial charge >= 0.3 is 5.97 Å². The number of hydrogen-bond donors (Lipinski definition) is 2. The lowest BCUT2D eigenvalue weighted by molar-refractivity contribution is -0.137. The minimum atomic E-state index is -0.752. The largest absolute Gasteiger partial charge is 0.481 e. The summed E-state index contributed by atoms with van der Waals surface area (Å²) in [5, 5.41) is 17.3. The summed E-state index contributed by atoms with van der Waals surface area (Å²) in [5.74, 6) is 0.912. The van der Waals surface area contributed by atoms with Gasteiger partial charge in [-0.2, -0.15) is 5.10 Å². The van der Waals surface area contributed by atoms with E-state index in [1.165, 1.54) is 17.7 Å². The second-order valence-electron chi connectivity index (χ2n) is 9.63. The lowest BCUT2D eigenvalue weighted by Crippen LogP contribution is -2.28. The average Bonchev–Trinajstić information content (AvgIpc) is 3.55. The molecule has 34 heavy (non-hydrogen) atoms. The number of rotatable bonds is 9. The number of carboxylic acid groups (broad SMARTS) is 1. The molecule has 1 aromatic carbocycles. The van der Waals surface area contributed by atoms with Gasteiger partial charge in [-0.3, -0.25) is 4.79 Å². The Morgan fingerprint density at radius 1 is 1.24 bits per heavy atom. The first-order valence-electron chi connectivity index (χ1n) is 12.4. The van der Waals surface area contributed by atoms with Gasteiger partial charge in [0.25, 0.3) is 0 Å². The van der Waals surface area contributed by atoms with E-state index in [2.05, 4.69) is 33.5 Å². The number of carboxylic acids is 1. The SMILES string of the molecule is O=C(O)CC(CN1CCC(CCc2ccc3c(n2)NCCC3)C1)c1cccc(-n2cccn2)c1. The number of benzene rings is 1. The van der Waals surface area contributed by atoms with Crippen molar-refractivity contribution in [3.8, 4) is 5.69 Å². The van der Waals surface area contributed by atoms with E-state index in [1.54, 1.807) is 6.20 Å². The second-order valence-corrected chi connectivity index (χ2v) is 9.63. The molecule has 7 heteroatoms. The molecule has 1 saturated heterocycles. The van der Waals surface area contributed by atoms with Crippen LogP contribution in [-0.4, -0.2) is 56.9 Å². The molecule has 0 saturated carbocycles. The zero-order valence-electron chi connectivity index (χ0n) is 19.6. The number of aromatic nitrogens is 3. The molecule has 178 valence electrons. The van der Waals surface area contributed by atoms with Gasteiger partial charge in [0, 0.05) is 43.6 Å². The monoisotopic (exact) mass is 459 g/mol. The summed E-state index contributed by atoms with van der Waals surface area (Å²) in [6.45, 7) is 3.84. The van der Waals surface area contributed by atoms with Crippen LogP contribution < -0.4 is 5.32 Å². The molecule has 7 nitrogen and oxygen atoms in total. The summed E-state index contributed by atoms with van der Waals surface area (Å²) >= 11 is 0. The van der Waals surface area contributed by atoms with Gasteiger partial charge in [-0.1, -0.05) is 18.2 Å². The Morgan fingerprint density at radius 3 is 3.03 bits per heavy atom.